The fraction of sp³-hybridized carbons (Fsp3) is 0.476. The molecule has 1 N–H and O–H groups in total. The van der Waals surface area contributed by atoms with Gasteiger partial charge in [0.15, 0.2) is 11.4 Å². The lowest BCUT2D eigenvalue weighted by atomic mass is 9.91. The predicted octanol–water partition coefficient (Wildman–Crippen LogP) is 3.55. The zero-order chi connectivity index (χ0) is 20.5. The van der Waals surface area contributed by atoms with Crippen molar-refractivity contribution in [1.29, 1.82) is 0 Å². The van der Waals surface area contributed by atoms with E-state index in [0.29, 0.717) is 31.4 Å². The largest absolute Gasteiger partial charge is 0.447 e. The molecule has 1 heterocycles. The molecule has 2 aliphatic rings. The van der Waals surface area contributed by atoms with Crippen LogP contribution in [0.5, 0.6) is 0 Å². The molecule has 1 aromatic rings. The standard InChI is InChI=1S/C21H26N2O5/c1-6-22-20(25)27-18-17(16-10-13(3)12(2)9-14(16)4)19(24)28-21(18)8-7-15(11-21)23-26-5/h9-10H,6-8,11H2,1-5H3,(H,22,25). The molecule has 1 fully saturated rings. The van der Waals surface area contributed by atoms with E-state index in [1.165, 1.54) is 7.11 Å². The summed E-state index contributed by atoms with van der Waals surface area (Å²) in [4.78, 5) is 30.1. The van der Waals surface area contributed by atoms with Crippen LogP contribution in [0.2, 0.25) is 0 Å². The molecule has 1 aliphatic heterocycles. The number of ether oxygens (including phenoxy) is 2. The lowest BCUT2D eigenvalue weighted by Crippen LogP contribution is -2.34. The van der Waals surface area contributed by atoms with Crippen molar-refractivity contribution in [1.82, 2.24) is 5.32 Å². The molecule has 1 saturated carbocycles. The molecule has 0 aromatic heterocycles. The summed E-state index contributed by atoms with van der Waals surface area (Å²) in [6.45, 7) is 8.16. The highest BCUT2D eigenvalue weighted by molar-refractivity contribution is 6.21. The number of rotatable bonds is 4. The molecular weight excluding hydrogens is 360 g/mol. The van der Waals surface area contributed by atoms with Crippen molar-refractivity contribution in [3.8, 4) is 0 Å². The number of hydrogen-bond donors (Lipinski definition) is 1. The summed E-state index contributed by atoms with van der Waals surface area (Å²) in [5.74, 6) is -0.222. The number of hydrogen-bond acceptors (Lipinski definition) is 6. The van der Waals surface area contributed by atoms with Gasteiger partial charge >= 0.3 is 12.1 Å². The van der Waals surface area contributed by atoms with Crippen molar-refractivity contribution >= 4 is 23.3 Å². The van der Waals surface area contributed by atoms with E-state index in [1.807, 2.05) is 32.9 Å². The van der Waals surface area contributed by atoms with Crippen LogP contribution in [0.4, 0.5) is 4.79 Å². The smallest absolute Gasteiger partial charge is 0.412 e. The summed E-state index contributed by atoms with van der Waals surface area (Å²) in [6.07, 6.45) is 0.826. The molecule has 0 bridgehead atoms. The van der Waals surface area contributed by atoms with Gasteiger partial charge in [-0.15, -0.1) is 0 Å². The number of oxime groups is 1. The van der Waals surface area contributed by atoms with E-state index in [0.717, 1.165) is 28.0 Å². The molecule has 0 radical (unpaired) electrons. The summed E-state index contributed by atoms with van der Waals surface area (Å²) in [7, 11) is 1.48. The van der Waals surface area contributed by atoms with E-state index in [2.05, 4.69) is 10.5 Å². The summed E-state index contributed by atoms with van der Waals surface area (Å²) < 4.78 is 11.5. The molecule has 1 aliphatic carbocycles. The van der Waals surface area contributed by atoms with Crippen LogP contribution in [-0.4, -0.2) is 37.0 Å². The molecule has 1 aromatic carbocycles. The second-order valence-electron chi connectivity index (χ2n) is 7.28. The predicted molar refractivity (Wildman–Crippen MR) is 105 cm³/mol. The van der Waals surface area contributed by atoms with Crippen LogP contribution in [0.1, 0.15) is 48.4 Å². The van der Waals surface area contributed by atoms with Crippen molar-refractivity contribution in [2.75, 3.05) is 13.7 Å². The third-order valence-electron chi connectivity index (χ3n) is 5.29. The summed E-state index contributed by atoms with van der Waals surface area (Å²) in [5.41, 5.74) is 3.88. The molecule has 3 rings (SSSR count). The monoisotopic (exact) mass is 386 g/mol. The van der Waals surface area contributed by atoms with Crippen LogP contribution < -0.4 is 5.32 Å². The second kappa shape index (κ2) is 7.66. The average Bonchev–Trinajstić information content (AvgIpc) is 3.13. The molecule has 150 valence electrons. The Labute approximate surface area is 164 Å². The lowest BCUT2D eigenvalue weighted by molar-refractivity contribution is -0.145. The van der Waals surface area contributed by atoms with E-state index in [9.17, 15) is 9.59 Å². The first-order valence-corrected chi connectivity index (χ1v) is 9.42. The van der Waals surface area contributed by atoms with Gasteiger partial charge in [0, 0.05) is 19.4 Å². The number of amides is 1. The van der Waals surface area contributed by atoms with Crippen molar-refractivity contribution < 1.29 is 23.9 Å². The highest BCUT2D eigenvalue weighted by atomic mass is 16.6. The van der Waals surface area contributed by atoms with Gasteiger partial charge in [0.1, 0.15) is 12.7 Å². The first-order valence-electron chi connectivity index (χ1n) is 9.42. The van der Waals surface area contributed by atoms with Gasteiger partial charge in [-0.25, -0.2) is 9.59 Å². The topological polar surface area (TPSA) is 86.2 Å². The minimum atomic E-state index is -1.03. The fourth-order valence-electron chi connectivity index (χ4n) is 3.82. The molecule has 1 unspecified atom stereocenters. The van der Waals surface area contributed by atoms with Gasteiger partial charge < -0.3 is 19.6 Å². The van der Waals surface area contributed by atoms with Crippen LogP contribution in [0, 0.1) is 20.8 Å². The average molecular weight is 386 g/mol. The number of nitrogens with one attached hydrogen (secondary N) is 1. The molecule has 1 atom stereocenters. The number of esters is 1. The van der Waals surface area contributed by atoms with Gasteiger partial charge in [-0.3, -0.25) is 0 Å². The maximum Gasteiger partial charge on any atom is 0.412 e. The van der Waals surface area contributed by atoms with Gasteiger partial charge in [-0.05, 0) is 56.4 Å². The van der Waals surface area contributed by atoms with Gasteiger partial charge in [0.2, 0.25) is 0 Å². The first kappa shape index (κ1) is 19.9. The highest BCUT2D eigenvalue weighted by Crippen LogP contribution is 2.48. The quantitative estimate of drug-likeness (QED) is 0.632. The van der Waals surface area contributed by atoms with Crippen LogP contribution in [0.3, 0.4) is 0 Å². The van der Waals surface area contributed by atoms with Crippen molar-refractivity contribution in [3.05, 3.63) is 40.1 Å². The number of benzene rings is 1. The normalized spacial score (nSPS) is 22.8. The Morgan fingerprint density at radius 3 is 2.64 bits per heavy atom. The van der Waals surface area contributed by atoms with E-state index in [4.69, 9.17) is 14.3 Å². The Kier molecular flexibility index (Phi) is 5.45. The SMILES string of the molecule is CCNC(=O)OC1=C(c2cc(C)c(C)cc2C)C(=O)OC12CCC(=NOC)C2. The van der Waals surface area contributed by atoms with Gasteiger partial charge in [-0.1, -0.05) is 17.3 Å². The summed E-state index contributed by atoms with van der Waals surface area (Å²) >= 11 is 0. The lowest BCUT2D eigenvalue weighted by Gasteiger charge is -2.24. The molecule has 7 heteroatoms. The fourth-order valence-corrected chi connectivity index (χ4v) is 3.82. The maximum absolute atomic E-state index is 12.9. The molecule has 0 saturated heterocycles. The molecule has 1 amide bonds. The Morgan fingerprint density at radius 2 is 1.96 bits per heavy atom. The number of alkyl carbamates (subject to hydrolysis) is 1. The van der Waals surface area contributed by atoms with Crippen molar-refractivity contribution in [3.63, 3.8) is 0 Å². The zero-order valence-electron chi connectivity index (χ0n) is 17.0. The first-order chi connectivity index (χ1) is 13.3. The molecule has 7 nitrogen and oxygen atoms in total. The molecule has 28 heavy (non-hydrogen) atoms. The van der Waals surface area contributed by atoms with E-state index in [-0.39, 0.29) is 5.76 Å². The number of nitrogens with zero attached hydrogens (tertiary/aromatic N) is 1. The van der Waals surface area contributed by atoms with Crippen molar-refractivity contribution in [2.24, 2.45) is 5.16 Å². The van der Waals surface area contributed by atoms with Crippen LogP contribution in [0.25, 0.3) is 5.57 Å². The third-order valence-corrected chi connectivity index (χ3v) is 5.29. The minimum absolute atomic E-state index is 0.260. The minimum Gasteiger partial charge on any atom is -0.447 e. The highest BCUT2D eigenvalue weighted by Gasteiger charge is 2.54. The summed E-state index contributed by atoms with van der Waals surface area (Å²) in [5, 5.41) is 6.63. The van der Waals surface area contributed by atoms with E-state index >= 15 is 0 Å². The van der Waals surface area contributed by atoms with Gasteiger partial charge in [-0.2, -0.15) is 0 Å². The van der Waals surface area contributed by atoms with Gasteiger partial charge in [0.05, 0.1) is 5.71 Å². The van der Waals surface area contributed by atoms with Crippen LogP contribution >= 0.6 is 0 Å². The second-order valence-corrected chi connectivity index (χ2v) is 7.28. The maximum atomic E-state index is 12.9. The van der Waals surface area contributed by atoms with Crippen LogP contribution in [0.15, 0.2) is 23.0 Å². The number of carbonyl (C=O) groups is 2. The Bertz CT molecular complexity index is 887. The molecular formula is C21H26N2O5. The third kappa shape index (κ3) is 3.48. The van der Waals surface area contributed by atoms with Gasteiger partial charge in [0.25, 0.3) is 0 Å². The van der Waals surface area contributed by atoms with Crippen LogP contribution in [-0.2, 0) is 19.1 Å². The van der Waals surface area contributed by atoms with E-state index < -0.39 is 17.7 Å². The van der Waals surface area contributed by atoms with E-state index in [1.54, 1.807) is 6.92 Å². The zero-order valence-corrected chi connectivity index (χ0v) is 17.0. The Balaban J connectivity index is 2.15. The summed E-state index contributed by atoms with van der Waals surface area (Å²) in [6, 6.07) is 3.96. The number of aryl methyl sites for hydroxylation is 3. The molecule has 1 spiro atoms. The number of carbonyl (C=O) groups excluding carboxylic acids is 2. The Morgan fingerprint density at radius 1 is 1.25 bits per heavy atom. The van der Waals surface area contributed by atoms with Crippen molar-refractivity contribution in [2.45, 2.75) is 52.6 Å². The Hall–Kier alpha value is -2.83.